The molecule has 132 valence electrons. The minimum atomic E-state index is -0.351. The molecule has 4 aromatic rings. The molecule has 1 aliphatic rings. The Kier molecular flexibility index (Phi) is 3.48. The highest BCUT2D eigenvalue weighted by Gasteiger charge is 2.21. The maximum atomic E-state index is 13.9. The Labute approximate surface area is 152 Å². The number of anilines is 1. The van der Waals surface area contributed by atoms with E-state index >= 15 is 0 Å². The number of nitrogens with one attached hydrogen (secondary N) is 1. The Bertz CT molecular complexity index is 1210. The van der Waals surface area contributed by atoms with Crippen molar-refractivity contribution >= 4 is 48.2 Å². The van der Waals surface area contributed by atoms with Crippen molar-refractivity contribution in [3.05, 3.63) is 46.6 Å². The lowest BCUT2D eigenvalue weighted by Crippen LogP contribution is -2.44. The van der Waals surface area contributed by atoms with Crippen LogP contribution in [0.5, 0.6) is 0 Å². The van der Waals surface area contributed by atoms with E-state index in [0.29, 0.717) is 10.8 Å². The fourth-order valence-corrected chi connectivity index (χ4v) is 4.84. The van der Waals surface area contributed by atoms with Gasteiger partial charge in [-0.1, -0.05) is 11.3 Å². The Hall–Kier alpha value is -2.51. The first kappa shape index (κ1) is 15.7. The smallest absolute Gasteiger partial charge is 0.256 e. The number of benzene rings is 2. The summed E-state index contributed by atoms with van der Waals surface area (Å²) >= 11 is 1.61. The van der Waals surface area contributed by atoms with Gasteiger partial charge in [0.25, 0.3) is 5.56 Å². The average molecular weight is 368 g/mol. The first-order valence-electron chi connectivity index (χ1n) is 8.58. The number of hydrogen-bond donors (Lipinski definition) is 1. The third kappa shape index (κ3) is 2.31. The lowest BCUT2D eigenvalue weighted by molar-refractivity contribution is 0.313. The normalized spacial score (nSPS) is 16.2. The second-order valence-electron chi connectivity index (χ2n) is 6.75. The average Bonchev–Trinajstić information content (AvgIpc) is 3.08. The van der Waals surface area contributed by atoms with Crippen molar-refractivity contribution in [2.24, 2.45) is 0 Å². The zero-order chi connectivity index (χ0) is 17.8. The molecule has 5 rings (SSSR count). The minimum Gasteiger partial charge on any atom is -0.345 e. The third-order valence-corrected chi connectivity index (χ3v) is 6.25. The molecule has 1 N–H and O–H groups in total. The molecule has 0 aliphatic carbocycles. The highest BCUT2D eigenvalue weighted by molar-refractivity contribution is 7.23. The SMILES string of the molecule is CN1CCN(c2nc3c4ccc(F)cc4c4c(=O)[nH]ccc4c3s2)CC1. The first-order chi connectivity index (χ1) is 12.6. The number of aromatic nitrogens is 2. The van der Waals surface area contributed by atoms with Gasteiger partial charge >= 0.3 is 0 Å². The van der Waals surface area contributed by atoms with Crippen LogP contribution in [0.3, 0.4) is 0 Å². The zero-order valence-corrected chi connectivity index (χ0v) is 15.1. The van der Waals surface area contributed by atoms with E-state index in [1.54, 1.807) is 23.6 Å². The Morgan fingerprint density at radius 3 is 2.73 bits per heavy atom. The van der Waals surface area contributed by atoms with Crippen molar-refractivity contribution < 1.29 is 4.39 Å². The summed E-state index contributed by atoms with van der Waals surface area (Å²) in [5.41, 5.74) is 0.645. The molecular formula is C19H17FN4OS. The number of aromatic amines is 1. The van der Waals surface area contributed by atoms with Gasteiger partial charge in [-0.2, -0.15) is 0 Å². The van der Waals surface area contributed by atoms with E-state index in [1.165, 1.54) is 12.1 Å². The topological polar surface area (TPSA) is 52.2 Å². The van der Waals surface area contributed by atoms with Crippen molar-refractivity contribution in [2.45, 2.75) is 0 Å². The third-order valence-electron chi connectivity index (χ3n) is 5.10. The van der Waals surface area contributed by atoms with Crippen LogP contribution in [-0.2, 0) is 0 Å². The summed E-state index contributed by atoms with van der Waals surface area (Å²) in [7, 11) is 2.12. The van der Waals surface area contributed by atoms with Crippen LogP contribution >= 0.6 is 11.3 Å². The molecule has 0 spiro atoms. The number of fused-ring (bicyclic) bond motifs is 6. The Morgan fingerprint density at radius 1 is 1.12 bits per heavy atom. The van der Waals surface area contributed by atoms with E-state index in [9.17, 15) is 9.18 Å². The van der Waals surface area contributed by atoms with Crippen molar-refractivity contribution in [2.75, 3.05) is 38.1 Å². The van der Waals surface area contributed by atoms with Crippen LogP contribution in [0.4, 0.5) is 9.52 Å². The maximum absolute atomic E-state index is 13.9. The molecule has 0 radical (unpaired) electrons. The van der Waals surface area contributed by atoms with Gasteiger partial charge in [-0.3, -0.25) is 4.79 Å². The van der Waals surface area contributed by atoms with Gasteiger partial charge in [0, 0.05) is 48.5 Å². The van der Waals surface area contributed by atoms with Gasteiger partial charge in [-0.25, -0.2) is 9.37 Å². The van der Waals surface area contributed by atoms with Gasteiger partial charge in [0.2, 0.25) is 0 Å². The van der Waals surface area contributed by atoms with E-state index in [-0.39, 0.29) is 11.4 Å². The van der Waals surface area contributed by atoms with E-state index < -0.39 is 0 Å². The molecule has 0 bridgehead atoms. The zero-order valence-electron chi connectivity index (χ0n) is 14.3. The lowest BCUT2D eigenvalue weighted by atomic mass is 10.0. The summed E-state index contributed by atoms with van der Waals surface area (Å²) in [5.74, 6) is -0.351. The second kappa shape index (κ2) is 5.75. The molecule has 0 unspecified atom stereocenters. The largest absolute Gasteiger partial charge is 0.345 e. The number of hydrogen-bond acceptors (Lipinski definition) is 5. The lowest BCUT2D eigenvalue weighted by Gasteiger charge is -2.32. The van der Waals surface area contributed by atoms with Crippen LogP contribution in [0.2, 0.25) is 0 Å². The molecule has 0 saturated carbocycles. The van der Waals surface area contributed by atoms with E-state index in [2.05, 4.69) is 21.8 Å². The number of likely N-dealkylation sites (N-methyl/N-ethyl adjacent to an activating group) is 1. The predicted molar refractivity (Wildman–Crippen MR) is 105 cm³/mol. The number of nitrogens with zero attached hydrogens (tertiary/aromatic N) is 3. The van der Waals surface area contributed by atoms with Crippen molar-refractivity contribution in [1.29, 1.82) is 0 Å². The van der Waals surface area contributed by atoms with E-state index in [4.69, 9.17) is 4.98 Å². The molecule has 3 heterocycles. The molecule has 1 fully saturated rings. The van der Waals surface area contributed by atoms with Crippen LogP contribution in [0, 0.1) is 5.82 Å². The number of piperazine rings is 1. The van der Waals surface area contributed by atoms with Crippen LogP contribution < -0.4 is 10.5 Å². The molecule has 5 nitrogen and oxygen atoms in total. The van der Waals surface area contributed by atoms with Gasteiger partial charge in [0.15, 0.2) is 5.13 Å². The van der Waals surface area contributed by atoms with Gasteiger partial charge in [0.05, 0.1) is 15.6 Å². The number of H-pyrrole nitrogens is 1. The second-order valence-corrected chi connectivity index (χ2v) is 7.73. The summed E-state index contributed by atoms with van der Waals surface area (Å²) in [6.45, 7) is 3.87. The molecule has 2 aromatic carbocycles. The van der Waals surface area contributed by atoms with Gasteiger partial charge in [-0.15, -0.1) is 0 Å². The molecule has 1 aliphatic heterocycles. The number of rotatable bonds is 1. The molecular weight excluding hydrogens is 351 g/mol. The van der Waals surface area contributed by atoms with E-state index in [0.717, 1.165) is 52.3 Å². The van der Waals surface area contributed by atoms with Gasteiger partial charge in [0.1, 0.15) is 5.82 Å². The van der Waals surface area contributed by atoms with Crippen LogP contribution in [-0.4, -0.2) is 48.1 Å². The minimum absolute atomic E-state index is 0.199. The predicted octanol–water partition coefficient (Wildman–Crippen LogP) is 3.18. The van der Waals surface area contributed by atoms with Gasteiger partial charge < -0.3 is 14.8 Å². The summed E-state index contributed by atoms with van der Waals surface area (Å²) in [5, 5.41) is 3.76. The quantitative estimate of drug-likeness (QED) is 0.524. The molecule has 0 amide bonds. The van der Waals surface area contributed by atoms with Crippen LogP contribution in [0.1, 0.15) is 0 Å². The maximum Gasteiger partial charge on any atom is 0.256 e. The molecule has 1 saturated heterocycles. The Morgan fingerprint density at radius 2 is 1.92 bits per heavy atom. The van der Waals surface area contributed by atoms with Crippen molar-refractivity contribution in [1.82, 2.24) is 14.9 Å². The Balaban J connectivity index is 1.85. The number of halogens is 1. The highest BCUT2D eigenvalue weighted by Crippen LogP contribution is 2.39. The first-order valence-corrected chi connectivity index (χ1v) is 9.40. The molecule has 2 aromatic heterocycles. The van der Waals surface area contributed by atoms with Crippen LogP contribution in [0.25, 0.3) is 31.8 Å². The molecule has 0 atom stereocenters. The number of pyridine rings is 1. The molecule has 7 heteroatoms. The van der Waals surface area contributed by atoms with Crippen molar-refractivity contribution in [3.8, 4) is 0 Å². The summed E-state index contributed by atoms with van der Waals surface area (Å²) in [6, 6.07) is 6.47. The van der Waals surface area contributed by atoms with Crippen molar-refractivity contribution in [3.63, 3.8) is 0 Å². The van der Waals surface area contributed by atoms with Crippen LogP contribution in [0.15, 0.2) is 35.3 Å². The molecule has 26 heavy (non-hydrogen) atoms. The standard InChI is InChI=1S/C19H17FN4OS/c1-23-6-8-24(9-7-23)19-22-16-12-3-2-11(20)10-14(12)15-13(17(16)26-19)4-5-21-18(15)25/h2-5,10H,6-9H2,1H3,(H,21,25). The monoisotopic (exact) mass is 368 g/mol. The number of thiazole rings is 1. The fourth-order valence-electron chi connectivity index (χ4n) is 3.67. The fraction of sp³-hybridized carbons (Fsp3) is 0.263. The highest BCUT2D eigenvalue weighted by atomic mass is 32.1. The summed E-state index contributed by atoms with van der Waals surface area (Å²) in [4.78, 5) is 24.7. The van der Waals surface area contributed by atoms with E-state index in [1.807, 2.05) is 6.07 Å². The summed E-state index contributed by atoms with van der Waals surface area (Å²) < 4.78 is 14.9. The summed E-state index contributed by atoms with van der Waals surface area (Å²) in [6.07, 6.45) is 1.64. The van der Waals surface area contributed by atoms with Gasteiger partial charge in [-0.05, 0) is 31.3 Å².